The minimum atomic E-state index is 1.06. The Kier molecular flexibility index (Phi) is 4.30. The highest BCUT2D eigenvalue weighted by atomic mass is 13.8. The van der Waals surface area contributed by atoms with Crippen LogP contribution in [0.15, 0.2) is 48.6 Å². The second-order valence-electron chi connectivity index (χ2n) is 2.32. The third-order valence-electron chi connectivity index (χ3n) is 1.08. The summed E-state index contributed by atoms with van der Waals surface area (Å²) in [6.45, 7) is 11.4. The molecule has 54 valence electrons. The zero-order valence-electron chi connectivity index (χ0n) is 6.72. The molecule has 0 heteroatoms. The molecular weight excluding hydrogens is 120 g/mol. The second kappa shape index (κ2) is 4.80. The standard InChI is InChI=1S/C10H14/c1-5-10(6-2)8-7-9(3)4/h5-8H,1-2H2,3-4H3. The van der Waals surface area contributed by atoms with Gasteiger partial charge in [-0.25, -0.2) is 0 Å². The number of rotatable bonds is 3. The summed E-state index contributed by atoms with van der Waals surface area (Å²) in [5.74, 6) is 0. The highest BCUT2D eigenvalue weighted by Gasteiger charge is 1.78. The van der Waals surface area contributed by atoms with Gasteiger partial charge in [0.1, 0.15) is 0 Å². The first-order valence-corrected chi connectivity index (χ1v) is 3.30. The zero-order chi connectivity index (χ0) is 7.98. The summed E-state index contributed by atoms with van der Waals surface area (Å²) >= 11 is 0. The maximum absolute atomic E-state index is 3.64. The minimum Gasteiger partial charge on any atom is -0.0985 e. The van der Waals surface area contributed by atoms with E-state index in [4.69, 9.17) is 0 Å². The Hall–Kier alpha value is -1.04. The van der Waals surface area contributed by atoms with Gasteiger partial charge in [0.25, 0.3) is 0 Å². The van der Waals surface area contributed by atoms with Crippen LogP contribution in [0.4, 0.5) is 0 Å². The molecule has 0 fully saturated rings. The summed E-state index contributed by atoms with van der Waals surface area (Å²) in [7, 11) is 0. The smallest absolute Gasteiger partial charge is 0.0268 e. The molecule has 0 aliphatic heterocycles. The summed E-state index contributed by atoms with van der Waals surface area (Å²) in [4.78, 5) is 0. The van der Waals surface area contributed by atoms with Crippen LogP contribution in [0.1, 0.15) is 13.8 Å². The van der Waals surface area contributed by atoms with Crippen LogP contribution in [-0.4, -0.2) is 0 Å². The Labute approximate surface area is 63.3 Å². The van der Waals surface area contributed by atoms with E-state index in [0.717, 1.165) is 5.57 Å². The normalized spacial score (nSPS) is 7.80. The minimum absolute atomic E-state index is 1.06. The van der Waals surface area contributed by atoms with Crippen molar-refractivity contribution < 1.29 is 0 Å². The van der Waals surface area contributed by atoms with Crippen LogP contribution in [0.5, 0.6) is 0 Å². The Bertz CT molecular complexity index is 166. The highest BCUT2D eigenvalue weighted by Crippen LogP contribution is 1.98. The molecule has 0 aliphatic carbocycles. The van der Waals surface area contributed by atoms with Crippen molar-refractivity contribution in [3.8, 4) is 0 Å². The molecule has 0 unspecified atom stereocenters. The lowest BCUT2D eigenvalue weighted by molar-refractivity contribution is 1.39. The lowest BCUT2D eigenvalue weighted by atomic mass is 10.2. The molecular formula is C10H14. The van der Waals surface area contributed by atoms with Crippen LogP contribution in [0.2, 0.25) is 0 Å². The van der Waals surface area contributed by atoms with Gasteiger partial charge in [-0.2, -0.15) is 0 Å². The first kappa shape index (κ1) is 8.96. The van der Waals surface area contributed by atoms with Crippen molar-refractivity contribution in [2.45, 2.75) is 13.8 Å². The monoisotopic (exact) mass is 134 g/mol. The Morgan fingerprint density at radius 1 is 1.00 bits per heavy atom. The molecule has 0 aromatic rings. The first-order chi connectivity index (χ1) is 4.70. The molecule has 0 rings (SSSR count). The molecule has 0 radical (unpaired) electrons. The Morgan fingerprint density at radius 2 is 1.50 bits per heavy atom. The molecule has 10 heavy (non-hydrogen) atoms. The lowest BCUT2D eigenvalue weighted by Crippen LogP contribution is -1.67. The van der Waals surface area contributed by atoms with Gasteiger partial charge in [0.2, 0.25) is 0 Å². The molecule has 0 aromatic carbocycles. The van der Waals surface area contributed by atoms with Crippen LogP contribution in [0.3, 0.4) is 0 Å². The molecule has 0 aliphatic rings. The van der Waals surface area contributed by atoms with E-state index in [2.05, 4.69) is 27.0 Å². The quantitative estimate of drug-likeness (QED) is 0.520. The van der Waals surface area contributed by atoms with Gasteiger partial charge in [0, 0.05) is 0 Å². The molecule has 0 spiro atoms. The summed E-state index contributed by atoms with van der Waals surface area (Å²) in [6, 6.07) is 0. The summed E-state index contributed by atoms with van der Waals surface area (Å²) in [5.41, 5.74) is 2.34. The van der Waals surface area contributed by atoms with Crippen molar-refractivity contribution in [2.75, 3.05) is 0 Å². The third-order valence-corrected chi connectivity index (χ3v) is 1.08. The predicted molar refractivity (Wildman–Crippen MR) is 47.9 cm³/mol. The molecule has 0 bridgehead atoms. The molecule has 0 saturated heterocycles. The molecule has 0 amide bonds. The molecule has 0 nitrogen and oxygen atoms in total. The Morgan fingerprint density at radius 3 is 1.80 bits per heavy atom. The van der Waals surface area contributed by atoms with Gasteiger partial charge in [-0.3, -0.25) is 0 Å². The van der Waals surface area contributed by atoms with Crippen molar-refractivity contribution in [1.29, 1.82) is 0 Å². The van der Waals surface area contributed by atoms with E-state index in [1.54, 1.807) is 12.2 Å². The van der Waals surface area contributed by atoms with Crippen LogP contribution in [0, 0.1) is 0 Å². The van der Waals surface area contributed by atoms with E-state index in [-0.39, 0.29) is 0 Å². The second-order valence-corrected chi connectivity index (χ2v) is 2.32. The van der Waals surface area contributed by atoms with Crippen LogP contribution in [-0.2, 0) is 0 Å². The number of hydrogen-bond donors (Lipinski definition) is 0. The largest absolute Gasteiger partial charge is 0.0985 e. The maximum atomic E-state index is 3.64. The molecule has 0 aromatic heterocycles. The van der Waals surface area contributed by atoms with Gasteiger partial charge in [-0.1, -0.05) is 43.0 Å². The topological polar surface area (TPSA) is 0 Å². The fourth-order valence-electron chi connectivity index (χ4n) is 0.482. The summed E-state index contributed by atoms with van der Waals surface area (Å²) in [6.07, 6.45) is 7.60. The zero-order valence-corrected chi connectivity index (χ0v) is 6.72. The van der Waals surface area contributed by atoms with Crippen molar-refractivity contribution in [3.63, 3.8) is 0 Å². The number of hydrogen-bond acceptors (Lipinski definition) is 0. The molecule has 0 atom stereocenters. The van der Waals surface area contributed by atoms with Crippen LogP contribution in [0.25, 0.3) is 0 Å². The van der Waals surface area contributed by atoms with E-state index >= 15 is 0 Å². The first-order valence-electron chi connectivity index (χ1n) is 3.30. The van der Waals surface area contributed by atoms with Gasteiger partial charge in [-0.05, 0) is 19.4 Å². The Balaban J connectivity index is 4.26. The summed E-state index contributed by atoms with van der Waals surface area (Å²) in [5, 5.41) is 0. The van der Waals surface area contributed by atoms with Crippen LogP contribution < -0.4 is 0 Å². The number of allylic oxidation sites excluding steroid dienone is 6. The average Bonchev–Trinajstić information content (AvgIpc) is 1.90. The van der Waals surface area contributed by atoms with Crippen molar-refractivity contribution in [3.05, 3.63) is 48.6 Å². The molecule has 0 N–H and O–H groups in total. The van der Waals surface area contributed by atoms with Crippen molar-refractivity contribution in [1.82, 2.24) is 0 Å². The van der Waals surface area contributed by atoms with Crippen LogP contribution >= 0.6 is 0 Å². The highest BCUT2D eigenvalue weighted by molar-refractivity contribution is 5.31. The van der Waals surface area contributed by atoms with E-state index in [9.17, 15) is 0 Å². The third kappa shape index (κ3) is 3.90. The van der Waals surface area contributed by atoms with Gasteiger partial charge >= 0.3 is 0 Å². The summed E-state index contributed by atoms with van der Waals surface area (Å²) < 4.78 is 0. The van der Waals surface area contributed by atoms with E-state index < -0.39 is 0 Å². The fourth-order valence-corrected chi connectivity index (χ4v) is 0.482. The lowest BCUT2D eigenvalue weighted by Gasteiger charge is -1.88. The van der Waals surface area contributed by atoms with Gasteiger partial charge in [0.05, 0.1) is 0 Å². The molecule has 0 saturated carbocycles. The van der Waals surface area contributed by atoms with E-state index in [0.29, 0.717) is 0 Å². The average molecular weight is 134 g/mol. The van der Waals surface area contributed by atoms with Gasteiger partial charge in [-0.15, -0.1) is 0 Å². The molecule has 0 heterocycles. The maximum Gasteiger partial charge on any atom is -0.0268 e. The van der Waals surface area contributed by atoms with Gasteiger partial charge in [0.15, 0.2) is 0 Å². The van der Waals surface area contributed by atoms with Crippen molar-refractivity contribution in [2.24, 2.45) is 0 Å². The van der Waals surface area contributed by atoms with Gasteiger partial charge < -0.3 is 0 Å². The predicted octanol–water partition coefficient (Wildman–Crippen LogP) is 3.25. The SMILES string of the molecule is C=CC(C=C)=CC=C(C)C. The van der Waals surface area contributed by atoms with E-state index in [1.165, 1.54) is 5.57 Å². The van der Waals surface area contributed by atoms with E-state index in [1.807, 2.05) is 12.2 Å². The van der Waals surface area contributed by atoms with Crippen molar-refractivity contribution >= 4 is 0 Å². The fraction of sp³-hybridized carbons (Fsp3) is 0.200.